The lowest BCUT2D eigenvalue weighted by atomic mass is 10.1. The maximum atomic E-state index is 12.4. The minimum atomic E-state index is -0.648. The molecule has 0 amide bonds. The summed E-state index contributed by atoms with van der Waals surface area (Å²) in [5, 5.41) is 11.3. The largest absolute Gasteiger partial charge is 0.493 e. The van der Waals surface area contributed by atoms with Gasteiger partial charge in [-0.1, -0.05) is 41.9 Å². The number of carbonyl (C=O) groups is 1. The van der Waals surface area contributed by atoms with E-state index in [0.29, 0.717) is 39.8 Å². The Morgan fingerprint density at radius 1 is 1.15 bits per heavy atom. The van der Waals surface area contributed by atoms with Gasteiger partial charge in [-0.25, -0.2) is 9.79 Å². The Hall–Kier alpha value is -4.17. The number of nitro groups is 1. The predicted molar refractivity (Wildman–Crippen MR) is 127 cm³/mol. The number of halogens is 1. The first-order valence-electron chi connectivity index (χ1n) is 10.2. The first-order chi connectivity index (χ1) is 16.4. The monoisotopic (exact) mass is 478 g/mol. The molecule has 4 rings (SSSR count). The van der Waals surface area contributed by atoms with Crippen molar-refractivity contribution >= 4 is 35.2 Å². The zero-order valence-electron chi connectivity index (χ0n) is 18.3. The third-order valence-corrected chi connectivity index (χ3v) is 5.32. The second kappa shape index (κ2) is 9.76. The molecule has 0 saturated heterocycles. The van der Waals surface area contributed by atoms with Crippen LogP contribution in [-0.4, -0.2) is 23.9 Å². The maximum Gasteiger partial charge on any atom is 0.363 e. The van der Waals surface area contributed by atoms with Crippen LogP contribution < -0.4 is 9.47 Å². The number of methoxy groups -OCH3 is 1. The zero-order chi connectivity index (χ0) is 24.2. The molecule has 0 spiro atoms. The fourth-order valence-corrected chi connectivity index (χ4v) is 3.65. The molecule has 1 aliphatic heterocycles. The molecule has 1 aliphatic rings. The van der Waals surface area contributed by atoms with Gasteiger partial charge >= 0.3 is 5.97 Å². The second-order valence-electron chi connectivity index (χ2n) is 7.40. The van der Waals surface area contributed by atoms with Crippen molar-refractivity contribution in [2.24, 2.45) is 4.99 Å². The van der Waals surface area contributed by atoms with Crippen LogP contribution in [0.15, 0.2) is 71.4 Å². The number of benzene rings is 3. The third-order valence-electron chi connectivity index (χ3n) is 5.04. The Kier molecular flexibility index (Phi) is 6.60. The first kappa shape index (κ1) is 23.0. The molecule has 3 aromatic rings. The van der Waals surface area contributed by atoms with E-state index >= 15 is 0 Å². The lowest BCUT2D eigenvalue weighted by Crippen LogP contribution is -2.06. The number of nitro benzene ring substituents is 1. The van der Waals surface area contributed by atoms with Crippen LogP contribution in [0.5, 0.6) is 11.5 Å². The number of hydrogen-bond acceptors (Lipinski definition) is 7. The summed E-state index contributed by atoms with van der Waals surface area (Å²) in [6, 6.07) is 17.3. The molecular weight excluding hydrogens is 460 g/mol. The van der Waals surface area contributed by atoms with Gasteiger partial charge in [-0.3, -0.25) is 10.1 Å². The van der Waals surface area contributed by atoms with Gasteiger partial charge in [-0.2, -0.15) is 0 Å². The summed E-state index contributed by atoms with van der Waals surface area (Å²) < 4.78 is 16.6. The van der Waals surface area contributed by atoms with Gasteiger partial charge in [0.1, 0.15) is 6.61 Å². The Morgan fingerprint density at radius 3 is 2.59 bits per heavy atom. The first-order valence-corrected chi connectivity index (χ1v) is 10.6. The average Bonchev–Trinajstić information content (AvgIpc) is 3.18. The molecule has 0 unspecified atom stereocenters. The molecule has 0 bridgehead atoms. The minimum Gasteiger partial charge on any atom is -0.493 e. The van der Waals surface area contributed by atoms with E-state index in [1.165, 1.54) is 25.3 Å². The van der Waals surface area contributed by atoms with E-state index in [2.05, 4.69) is 4.99 Å². The summed E-state index contributed by atoms with van der Waals surface area (Å²) in [6.07, 6.45) is 1.52. The molecule has 0 aliphatic carbocycles. The van der Waals surface area contributed by atoms with Crippen LogP contribution in [0, 0.1) is 17.0 Å². The normalized spacial score (nSPS) is 14.0. The molecule has 3 aromatic carbocycles. The van der Waals surface area contributed by atoms with E-state index in [1.54, 1.807) is 25.1 Å². The molecule has 34 heavy (non-hydrogen) atoms. The number of nitrogens with zero attached hydrogens (tertiary/aromatic N) is 2. The van der Waals surface area contributed by atoms with Gasteiger partial charge in [-0.05, 0) is 48.4 Å². The Labute approximate surface area is 200 Å². The Balaban J connectivity index is 1.60. The van der Waals surface area contributed by atoms with Crippen molar-refractivity contribution in [1.82, 2.24) is 0 Å². The standard InChI is InChI=1S/C25H19ClN2O6/c1-15-10-18(8-9-21(15)28(30)31)24-27-20(25(29)34-24)12-17-11-19(26)23(22(13-17)32-2)33-14-16-6-4-3-5-7-16/h3-13H,14H2,1-2H3/b20-12-. The highest BCUT2D eigenvalue weighted by molar-refractivity contribution is 6.32. The van der Waals surface area contributed by atoms with Gasteiger partial charge < -0.3 is 14.2 Å². The fraction of sp³-hybridized carbons (Fsp3) is 0.120. The van der Waals surface area contributed by atoms with Crippen LogP contribution in [0.3, 0.4) is 0 Å². The van der Waals surface area contributed by atoms with Crippen molar-refractivity contribution in [2.75, 3.05) is 7.11 Å². The molecule has 1 heterocycles. The van der Waals surface area contributed by atoms with Crippen LogP contribution in [-0.2, 0) is 16.1 Å². The number of cyclic esters (lactones) is 1. The summed E-state index contributed by atoms with van der Waals surface area (Å²) in [5.41, 5.74) is 2.46. The summed E-state index contributed by atoms with van der Waals surface area (Å²) in [5.74, 6) is 0.201. The predicted octanol–water partition coefficient (Wildman–Crippen LogP) is 5.49. The SMILES string of the molecule is COc1cc(/C=C2\N=C(c3ccc([N+](=O)[O-])c(C)c3)OC2=O)cc(Cl)c1OCc1ccccc1. The van der Waals surface area contributed by atoms with Crippen molar-refractivity contribution in [1.29, 1.82) is 0 Å². The molecule has 0 fully saturated rings. The minimum absolute atomic E-state index is 0.0271. The van der Waals surface area contributed by atoms with Crippen molar-refractivity contribution < 1.29 is 23.9 Å². The number of rotatable bonds is 7. The number of aryl methyl sites for hydroxylation is 1. The number of aliphatic imine (C=N–C) groups is 1. The van der Waals surface area contributed by atoms with Crippen LogP contribution in [0.2, 0.25) is 5.02 Å². The van der Waals surface area contributed by atoms with Gasteiger partial charge in [-0.15, -0.1) is 0 Å². The number of hydrogen-bond donors (Lipinski definition) is 0. The fourth-order valence-electron chi connectivity index (χ4n) is 3.38. The number of ether oxygens (including phenoxy) is 3. The highest BCUT2D eigenvalue weighted by atomic mass is 35.5. The molecular formula is C25H19ClN2O6. The Morgan fingerprint density at radius 2 is 1.91 bits per heavy atom. The van der Waals surface area contributed by atoms with E-state index in [4.69, 9.17) is 25.8 Å². The van der Waals surface area contributed by atoms with E-state index in [-0.39, 0.29) is 17.3 Å². The highest BCUT2D eigenvalue weighted by Crippen LogP contribution is 2.38. The van der Waals surface area contributed by atoms with Crippen LogP contribution in [0.4, 0.5) is 5.69 Å². The lowest BCUT2D eigenvalue weighted by molar-refractivity contribution is -0.385. The quantitative estimate of drug-likeness (QED) is 0.193. The lowest BCUT2D eigenvalue weighted by Gasteiger charge is -2.13. The molecule has 172 valence electrons. The molecule has 0 saturated carbocycles. The number of carbonyl (C=O) groups excluding carboxylic acids is 1. The topological polar surface area (TPSA) is 100 Å². The van der Waals surface area contributed by atoms with Crippen LogP contribution in [0.1, 0.15) is 22.3 Å². The molecule has 0 radical (unpaired) electrons. The van der Waals surface area contributed by atoms with Gasteiger partial charge in [0.25, 0.3) is 5.69 Å². The van der Waals surface area contributed by atoms with Crippen LogP contribution in [0.25, 0.3) is 6.08 Å². The Bertz CT molecular complexity index is 1330. The molecule has 9 heteroatoms. The molecule has 8 nitrogen and oxygen atoms in total. The molecule has 0 atom stereocenters. The second-order valence-corrected chi connectivity index (χ2v) is 7.81. The summed E-state index contributed by atoms with van der Waals surface area (Å²) in [6.45, 7) is 1.91. The van der Waals surface area contributed by atoms with Gasteiger partial charge in [0.15, 0.2) is 17.2 Å². The van der Waals surface area contributed by atoms with E-state index in [9.17, 15) is 14.9 Å². The maximum absolute atomic E-state index is 12.4. The van der Waals surface area contributed by atoms with Crippen molar-refractivity contribution in [2.45, 2.75) is 13.5 Å². The van der Waals surface area contributed by atoms with Gasteiger partial charge in [0.05, 0.1) is 17.1 Å². The smallest absolute Gasteiger partial charge is 0.363 e. The molecule has 0 N–H and O–H groups in total. The van der Waals surface area contributed by atoms with E-state index in [0.717, 1.165) is 5.56 Å². The summed E-state index contributed by atoms with van der Waals surface area (Å²) in [7, 11) is 1.50. The van der Waals surface area contributed by atoms with Crippen molar-refractivity contribution in [3.05, 3.63) is 104 Å². The summed E-state index contributed by atoms with van der Waals surface area (Å²) in [4.78, 5) is 27.2. The van der Waals surface area contributed by atoms with E-state index in [1.807, 2.05) is 30.3 Å². The zero-order valence-corrected chi connectivity index (χ0v) is 19.0. The van der Waals surface area contributed by atoms with Gasteiger partial charge in [0.2, 0.25) is 5.90 Å². The average molecular weight is 479 g/mol. The third kappa shape index (κ3) is 4.92. The summed E-state index contributed by atoms with van der Waals surface area (Å²) >= 11 is 6.44. The van der Waals surface area contributed by atoms with Crippen molar-refractivity contribution in [3.8, 4) is 11.5 Å². The van der Waals surface area contributed by atoms with Crippen molar-refractivity contribution in [3.63, 3.8) is 0 Å². The van der Waals surface area contributed by atoms with Gasteiger partial charge in [0, 0.05) is 17.2 Å². The van der Waals surface area contributed by atoms with Crippen LogP contribution >= 0.6 is 11.6 Å². The number of esters is 1. The highest BCUT2D eigenvalue weighted by Gasteiger charge is 2.25. The molecule has 0 aromatic heterocycles. The van der Waals surface area contributed by atoms with E-state index < -0.39 is 10.9 Å².